The third-order valence-corrected chi connectivity index (χ3v) is 12.9. The van der Waals surface area contributed by atoms with Crippen molar-refractivity contribution >= 4 is 23.7 Å². The van der Waals surface area contributed by atoms with Gasteiger partial charge in [-0.25, -0.2) is 0 Å². The molecule has 0 aromatic carbocycles. The molecule has 3 heterocycles. The molecule has 0 unspecified atom stereocenters. The number of likely N-dealkylation sites (N-methyl/N-ethyl adjacent to an activating group) is 1. The minimum atomic E-state index is -2.04. The second kappa shape index (κ2) is 21.4. The smallest absolute Gasteiger partial charge is 0.311 e. The van der Waals surface area contributed by atoms with E-state index in [0.29, 0.717) is 6.42 Å². The van der Waals surface area contributed by atoms with Gasteiger partial charge in [0.2, 0.25) is 0 Å². The number of nitrogens with zero attached hydrogens (tertiary/aromatic N) is 1. The lowest BCUT2D eigenvalue weighted by Crippen LogP contribution is -2.61. The summed E-state index contributed by atoms with van der Waals surface area (Å²) in [6.07, 6.45) is -11.1. The van der Waals surface area contributed by atoms with Gasteiger partial charge in [0.25, 0.3) is 0 Å². The first-order chi connectivity index (χ1) is 27.8. The summed E-state index contributed by atoms with van der Waals surface area (Å²) in [5.74, 6) is -6.64. The van der Waals surface area contributed by atoms with Crippen LogP contribution in [0.15, 0.2) is 0 Å². The van der Waals surface area contributed by atoms with Crippen LogP contribution in [-0.4, -0.2) is 161 Å². The van der Waals surface area contributed by atoms with Gasteiger partial charge in [0.15, 0.2) is 18.7 Å². The summed E-state index contributed by atoms with van der Waals surface area (Å²) in [5, 5.41) is 46.8. The van der Waals surface area contributed by atoms with Crippen LogP contribution in [0.5, 0.6) is 0 Å². The van der Waals surface area contributed by atoms with Crippen molar-refractivity contribution in [2.75, 3.05) is 27.8 Å². The van der Waals surface area contributed by atoms with Crippen molar-refractivity contribution in [3.8, 4) is 0 Å². The summed E-state index contributed by atoms with van der Waals surface area (Å²) in [4.78, 5) is 55.6. The molecule has 17 nitrogen and oxygen atoms in total. The Morgan fingerprint density at radius 3 is 2.03 bits per heavy atom. The van der Waals surface area contributed by atoms with Crippen molar-refractivity contribution in [2.45, 2.75) is 199 Å². The molecule has 3 saturated heterocycles. The third kappa shape index (κ3) is 12.2. The molecule has 0 aromatic heterocycles. The van der Waals surface area contributed by atoms with E-state index in [1.54, 1.807) is 48.5 Å². The number of Topliss-reactive ketones (excluding diaryl/α,β-unsaturated/α-hetero) is 1. The maximum absolute atomic E-state index is 14.3. The van der Waals surface area contributed by atoms with Gasteiger partial charge >= 0.3 is 17.9 Å². The van der Waals surface area contributed by atoms with E-state index in [1.807, 2.05) is 25.9 Å². The fraction of sp³-hybridized carbons (Fsp3) is 0.907. The normalized spacial score (nSPS) is 43.8. The Morgan fingerprint density at radius 2 is 1.47 bits per heavy atom. The minimum Gasteiger partial charge on any atom is -0.466 e. The van der Waals surface area contributed by atoms with Crippen LogP contribution in [0.25, 0.3) is 0 Å². The predicted octanol–water partition coefficient (Wildman–Crippen LogP) is 2.68. The zero-order valence-corrected chi connectivity index (χ0v) is 38.2. The van der Waals surface area contributed by atoms with Crippen molar-refractivity contribution in [2.24, 2.45) is 23.7 Å². The molecule has 348 valence electrons. The minimum absolute atomic E-state index is 0.0431. The van der Waals surface area contributed by atoms with Crippen molar-refractivity contribution in [1.29, 1.82) is 0 Å². The highest BCUT2D eigenvalue weighted by Gasteiger charge is 2.54. The van der Waals surface area contributed by atoms with Gasteiger partial charge in [0, 0.05) is 31.3 Å². The van der Waals surface area contributed by atoms with Gasteiger partial charge in [-0.1, -0.05) is 27.7 Å². The quantitative estimate of drug-likeness (QED) is 0.163. The van der Waals surface area contributed by atoms with Gasteiger partial charge < -0.3 is 63.2 Å². The molecule has 3 rings (SSSR count). The molecule has 3 fully saturated rings. The Bertz CT molecular complexity index is 1440. The SMILES string of the molecule is CCOC(=O)CCC(=O)O[C@H]1[C@H](O[C@@H]2[C@@H](C)[C@H](O[C@H]3C[C@@](C)(OC)[C@@H](O)[C@H](C)O3)[C@@H](C)C(=O)O[C@H](CC)[C@@](C)(O)[C@H](O)[C@@H](C)C(=O)[C@H](C)C[C@]2(C)O)O[C@H](C)C[C@@H]1N(C)C. The van der Waals surface area contributed by atoms with Crippen molar-refractivity contribution in [1.82, 2.24) is 4.90 Å². The highest BCUT2D eigenvalue weighted by atomic mass is 16.7. The molecule has 3 aliphatic rings. The number of carbonyl (C=O) groups is 4. The largest absolute Gasteiger partial charge is 0.466 e. The van der Waals surface area contributed by atoms with Gasteiger partial charge in [-0.15, -0.1) is 0 Å². The Morgan fingerprint density at radius 1 is 0.850 bits per heavy atom. The third-order valence-electron chi connectivity index (χ3n) is 12.9. The van der Waals surface area contributed by atoms with E-state index in [1.165, 1.54) is 27.9 Å². The average Bonchev–Trinajstić information content (AvgIpc) is 3.17. The van der Waals surface area contributed by atoms with Crippen LogP contribution in [0, 0.1) is 23.7 Å². The van der Waals surface area contributed by atoms with Crippen molar-refractivity contribution < 1.29 is 77.5 Å². The molecule has 0 spiro atoms. The second-order valence-corrected chi connectivity index (χ2v) is 18.2. The molecule has 0 aromatic rings. The first-order valence-corrected chi connectivity index (χ1v) is 21.5. The summed E-state index contributed by atoms with van der Waals surface area (Å²) in [5.41, 5.74) is -5.06. The maximum atomic E-state index is 14.3. The summed E-state index contributed by atoms with van der Waals surface area (Å²) >= 11 is 0. The molecule has 0 aliphatic carbocycles. The van der Waals surface area contributed by atoms with E-state index in [-0.39, 0.29) is 38.7 Å². The van der Waals surface area contributed by atoms with E-state index in [4.69, 9.17) is 37.9 Å². The summed E-state index contributed by atoms with van der Waals surface area (Å²) in [7, 11) is 5.09. The first kappa shape index (κ1) is 52.0. The zero-order valence-electron chi connectivity index (χ0n) is 38.2. The highest BCUT2D eigenvalue weighted by molar-refractivity contribution is 5.83. The standard InChI is InChI=1S/C43H75NO16/c1-15-29-43(11,52)36(48)24(5)33(47)22(3)20-41(9,51)38(25(6)34(26(7)39(50)57-29)59-32-21-42(10,53-14)37(49)27(8)56-32)60-40-35(28(44(12)13)19-23(4)55-40)58-31(46)18-17-30(45)54-16-2/h22-29,32,34-38,40,48-49,51-52H,15-21H2,1-14H3/t22-,23-,24+,25+,26-,27+,28+,29-,32+,34+,35-,36-,37+,38-,40+,41+,42-,43-/m1/s1. The number of cyclic esters (lactones) is 1. The summed E-state index contributed by atoms with van der Waals surface area (Å²) in [6, 6.07) is -0.443. The lowest BCUT2D eigenvalue weighted by atomic mass is 9.74. The summed E-state index contributed by atoms with van der Waals surface area (Å²) < 4.78 is 48.8. The topological polar surface area (TPSA) is 226 Å². The van der Waals surface area contributed by atoms with E-state index < -0.39 is 132 Å². The Balaban J connectivity index is 2.22. The van der Waals surface area contributed by atoms with Crippen molar-refractivity contribution in [3.05, 3.63) is 0 Å². The number of ketones is 1. The first-order valence-electron chi connectivity index (χ1n) is 21.5. The Hall–Kier alpha value is -2.32. The number of carbonyl (C=O) groups excluding carboxylic acids is 4. The molecule has 3 aliphatic heterocycles. The molecule has 0 bridgehead atoms. The monoisotopic (exact) mass is 862 g/mol. The maximum Gasteiger partial charge on any atom is 0.311 e. The van der Waals surface area contributed by atoms with Gasteiger partial charge in [-0.2, -0.15) is 0 Å². The molecule has 60 heavy (non-hydrogen) atoms. The zero-order chi connectivity index (χ0) is 45.7. The predicted molar refractivity (Wildman–Crippen MR) is 216 cm³/mol. The number of hydrogen-bond acceptors (Lipinski definition) is 17. The molecule has 0 radical (unpaired) electrons. The number of hydrogen-bond donors (Lipinski definition) is 4. The second-order valence-electron chi connectivity index (χ2n) is 18.2. The number of esters is 3. The average molecular weight is 862 g/mol. The fourth-order valence-corrected chi connectivity index (χ4v) is 9.17. The Kier molecular flexibility index (Phi) is 18.5. The number of aliphatic hydroxyl groups excluding tert-OH is 2. The van der Waals surface area contributed by atoms with Crippen LogP contribution in [0.2, 0.25) is 0 Å². The number of methoxy groups -OCH3 is 1. The van der Waals surface area contributed by atoms with Gasteiger partial charge in [-0.05, 0) is 81.8 Å². The molecule has 17 heteroatoms. The van der Waals surface area contributed by atoms with E-state index in [9.17, 15) is 39.6 Å². The fourth-order valence-electron chi connectivity index (χ4n) is 9.17. The van der Waals surface area contributed by atoms with E-state index in [2.05, 4.69) is 0 Å². The molecular formula is C43H75NO16. The molecule has 4 N–H and O–H groups in total. The van der Waals surface area contributed by atoms with Crippen LogP contribution in [0.4, 0.5) is 0 Å². The highest BCUT2D eigenvalue weighted by Crippen LogP contribution is 2.41. The number of ether oxygens (including phenoxy) is 8. The molecule has 18 atom stereocenters. The van der Waals surface area contributed by atoms with Crippen LogP contribution in [-0.2, 0) is 57.1 Å². The molecule has 0 saturated carbocycles. The van der Waals surface area contributed by atoms with E-state index >= 15 is 0 Å². The Labute approximate surface area is 356 Å². The van der Waals surface area contributed by atoms with Crippen LogP contribution in [0.1, 0.15) is 115 Å². The molecule has 0 amide bonds. The number of rotatable bonds is 12. The summed E-state index contributed by atoms with van der Waals surface area (Å²) in [6.45, 7) is 17.9. The molecular weight excluding hydrogens is 786 g/mol. The van der Waals surface area contributed by atoms with E-state index in [0.717, 1.165) is 0 Å². The lowest BCUT2D eigenvalue weighted by molar-refractivity contribution is -0.319. The lowest BCUT2D eigenvalue weighted by Gasteiger charge is -2.49. The van der Waals surface area contributed by atoms with Crippen molar-refractivity contribution in [3.63, 3.8) is 0 Å². The van der Waals surface area contributed by atoms with Gasteiger partial charge in [0.1, 0.15) is 23.6 Å². The van der Waals surface area contributed by atoms with Gasteiger partial charge in [0.05, 0.1) is 73.1 Å². The van der Waals surface area contributed by atoms with Crippen LogP contribution in [0.3, 0.4) is 0 Å². The van der Waals surface area contributed by atoms with Crippen LogP contribution >= 0.6 is 0 Å². The van der Waals surface area contributed by atoms with Gasteiger partial charge in [-0.3, -0.25) is 19.2 Å². The van der Waals surface area contributed by atoms with Crippen LogP contribution < -0.4 is 0 Å². The number of aliphatic hydroxyl groups is 4.